The van der Waals surface area contributed by atoms with E-state index in [1.807, 2.05) is 42.6 Å². The summed E-state index contributed by atoms with van der Waals surface area (Å²) in [6.07, 6.45) is 3.47. The van der Waals surface area contributed by atoms with Crippen molar-refractivity contribution in [3.63, 3.8) is 0 Å². The molecule has 27 heavy (non-hydrogen) atoms. The SMILES string of the molecule is COc1ccc2c(ccn2CCNC(=O)c2ccccc2-n2cnnn2)c1. The van der Waals surface area contributed by atoms with E-state index in [0.717, 1.165) is 16.7 Å². The lowest BCUT2D eigenvalue weighted by atomic mass is 10.1. The Morgan fingerprint density at radius 3 is 2.89 bits per heavy atom. The number of carbonyl (C=O) groups excluding carboxylic acids is 1. The molecule has 136 valence electrons. The highest BCUT2D eigenvalue weighted by Gasteiger charge is 2.13. The molecule has 1 N–H and O–H groups in total. The number of carbonyl (C=O) groups is 1. The number of fused-ring (bicyclic) bond motifs is 1. The molecule has 2 aromatic heterocycles. The third-order valence-corrected chi connectivity index (χ3v) is 4.36. The van der Waals surface area contributed by atoms with Crippen molar-refractivity contribution in [3.8, 4) is 11.4 Å². The minimum absolute atomic E-state index is 0.167. The Kier molecular flexibility index (Phi) is 4.52. The molecule has 0 fully saturated rings. The number of benzene rings is 2. The van der Waals surface area contributed by atoms with Crippen LogP contribution < -0.4 is 10.1 Å². The van der Waals surface area contributed by atoms with Gasteiger partial charge >= 0.3 is 0 Å². The number of amides is 1. The van der Waals surface area contributed by atoms with Gasteiger partial charge in [-0.15, -0.1) is 5.10 Å². The summed E-state index contributed by atoms with van der Waals surface area (Å²) < 4.78 is 8.83. The average Bonchev–Trinajstić information content (AvgIpc) is 3.37. The van der Waals surface area contributed by atoms with E-state index in [2.05, 4.69) is 25.4 Å². The molecule has 0 aliphatic rings. The molecular weight excluding hydrogens is 344 g/mol. The van der Waals surface area contributed by atoms with Gasteiger partial charge in [-0.25, -0.2) is 0 Å². The van der Waals surface area contributed by atoms with Crippen molar-refractivity contribution in [2.45, 2.75) is 6.54 Å². The Morgan fingerprint density at radius 2 is 2.07 bits per heavy atom. The zero-order valence-electron chi connectivity index (χ0n) is 14.7. The number of nitrogens with one attached hydrogen (secondary N) is 1. The Hall–Kier alpha value is -3.68. The Balaban J connectivity index is 1.45. The van der Waals surface area contributed by atoms with E-state index in [1.54, 1.807) is 19.2 Å². The second kappa shape index (κ2) is 7.28. The van der Waals surface area contributed by atoms with Crippen LogP contribution in [0.1, 0.15) is 10.4 Å². The lowest BCUT2D eigenvalue weighted by molar-refractivity contribution is 0.0952. The monoisotopic (exact) mass is 362 g/mol. The van der Waals surface area contributed by atoms with E-state index in [-0.39, 0.29) is 5.91 Å². The second-order valence-corrected chi connectivity index (χ2v) is 5.96. The topological polar surface area (TPSA) is 86.9 Å². The van der Waals surface area contributed by atoms with Crippen LogP contribution >= 0.6 is 0 Å². The molecule has 8 nitrogen and oxygen atoms in total. The van der Waals surface area contributed by atoms with Crippen molar-refractivity contribution in [3.05, 3.63) is 66.6 Å². The summed E-state index contributed by atoms with van der Waals surface area (Å²) in [7, 11) is 1.65. The van der Waals surface area contributed by atoms with Gasteiger partial charge in [0.15, 0.2) is 0 Å². The predicted octanol–water partition coefficient (Wildman–Crippen LogP) is 2.06. The molecule has 4 aromatic rings. The normalized spacial score (nSPS) is 10.9. The lowest BCUT2D eigenvalue weighted by Gasteiger charge is -2.10. The molecule has 1 amide bonds. The first-order chi connectivity index (χ1) is 13.3. The maximum absolute atomic E-state index is 12.6. The van der Waals surface area contributed by atoms with E-state index < -0.39 is 0 Å². The maximum Gasteiger partial charge on any atom is 0.253 e. The minimum atomic E-state index is -0.167. The summed E-state index contributed by atoms with van der Waals surface area (Å²) in [6, 6.07) is 15.2. The number of methoxy groups -OCH3 is 1. The zero-order chi connectivity index (χ0) is 18.6. The maximum atomic E-state index is 12.6. The molecule has 0 unspecified atom stereocenters. The first kappa shape index (κ1) is 16.8. The standard InChI is InChI=1S/C19H18N6O2/c1-27-15-6-7-17-14(12-15)8-10-24(17)11-9-20-19(26)16-4-2-3-5-18(16)25-13-21-22-23-25/h2-8,10,12-13H,9,11H2,1H3,(H,20,26). The number of ether oxygens (including phenoxy) is 1. The smallest absolute Gasteiger partial charge is 0.253 e. The van der Waals surface area contributed by atoms with Crippen LogP contribution in [-0.4, -0.2) is 44.3 Å². The van der Waals surface area contributed by atoms with Crippen LogP contribution in [0, 0.1) is 0 Å². The molecule has 0 spiro atoms. The Labute approximate surface area is 155 Å². The number of rotatable bonds is 6. The van der Waals surface area contributed by atoms with Gasteiger partial charge < -0.3 is 14.6 Å². The molecule has 0 radical (unpaired) electrons. The van der Waals surface area contributed by atoms with Crippen LogP contribution in [0.2, 0.25) is 0 Å². The fraction of sp³-hybridized carbons (Fsp3) is 0.158. The van der Waals surface area contributed by atoms with Crippen molar-refractivity contribution >= 4 is 16.8 Å². The summed E-state index contributed by atoms with van der Waals surface area (Å²) in [5.41, 5.74) is 2.25. The molecule has 0 saturated carbocycles. The van der Waals surface area contributed by atoms with Crippen molar-refractivity contribution in [1.82, 2.24) is 30.1 Å². The van der Waals surface area contributed by atoms with Crippen LogP contribution in [0.5, 0.6) is 5.75 Å². The van der Waals surface area contributed by atoms with Gasteiger partial charge in [-0.1, -0.05) is 12.1 Å². The van der Waals surface area contributed by atoms with E-state index in [4.69, 9.17) is 4.74 Å². The van der Waals surface area contributed by atoms with Crippen molar-refractivity contribution < 1.29 is 9.53 Å². The third-order valence-electron chi connectivity index (χ3n) is 4.36. The fourth-order valence-electron chi connectivity index (χ4n) is 3.02. The van der Waals surface area contributed by atoms with Crippen molar-refractivity contribution in [1.29, 1.82) is 0 Å². The molecule has 0 aliphatic heterocycles. The van der Waals surface area contributed by atoms with E-state index in [1.165, 1.54) is 11.0 Å². The third kappa shape index (κ3) is 3.37. The molecule has 0 aliphatic carbocycles. The van der Waals surface area contributed by atoms with Crippen molar-refractivity contribution in [2.75, 3.05) is 13.7 Å². The molecule has 0 saturated heterocycles. The van der Waals surface area contributed by atoms with Gasteiger partial charge in [0.25, 0.3) is 5.91 Å². The van der Waals surface area contributed by atoms with Gasteiger partial charge in [0, 0.05) is 30.2 Å². The first-order valence-corrected chi connectivity index (χ1v) is 8.50. The van der Waals surface area contributed by atoms with Crippen molar-refractivity contribution in [2.24, 2.45) is 0 Å². The quantitative estimate of drug-likeness (QED) is 0.567. The lowest BCUT2D eigenvalue weighted by Crippen LogP contribution is -2.28. The van der Waals surface area contributed by atoms with E-state index in [9.17, 15) is 4.79 Å². The Bertz CT molecular complexity index is 1070. The van der Waals surface area contributed by atoms with E-state index >= 15 is 0 Å². The number of aromatic nitrogens is 5. The number of hydrogen-bond donors (Lipinski definition) is 1. The summed E-state index contributed by atoms with van der Waals surface area (Å²) in [6.45, 7) is 1.16. The van der Waals surface area contributed by atoms with Gasteiger partial charge in [0.1, 0.15) is 12.1 Å². The summed E-state index contributed by atoms with van der Waals surface area (Å²) >= 11 is 0. The fourth-order valence-corrected chi connectivity index (χ4v) is 3.02. The molecule has 4 rings (SSSR count). The van der Waals surface area contributed by atoms with Crippen LogP contribution in [0.25, 0.3) is 16.6 Å². The van der Waals surface area contributed by atoms with Gasteiger partial charge in [-0.2, -0.15) is 4.68 Å². The van der Waals surface area contributed by atoms with Crippen LogP contribution in [0.15, 0.2) is 61.1 Å². The van der Waals surface area contributed by atoms with Crippen LogP contribution in [-0.2, 0) is 6.54 Å². The number of nitrogens with zero attached hydrogens (tertiary/aromatic N) is 5. The molecule has 0 bridgehead atoms. The number of para-hydroxylation sites is 1. The largest absolute Gasteiger partial charge is 0.497 e. The molecule has 2 heterocycles. The van der Waals surface area contributed by atoms with E-state index in [0.29, 0.717) is 24.3 Å². The molecular formula is C19H18N6O2. The van der Waals surface area contributed by atoms with Gasteiger partial charge in [0.2, 0.25) is 0 Å². The van der Waals surface area contributed by atoms with Gasteiger partial charge in [0.05, 0.1) is 18.4 Å². The molecule has 8 heteroatoms. The predicted molar refractivity (Wildman–Crippen MR) is 100.0 cm³/mol. The van der Waals surface area contributed by atoms with Crippen LogP contribution in [0.4, 0.5) is 0 Å². The number of hydrogen-bond acceptors (Lipinski definition) is 5. The minimum Gasteiger partial charge on any atom is -0.497 e. The highest BCUT2D eigenvalue weighted by Crippen LogP contribution is 2.21. The summed E-state index contributed by atoms with van der Waals surface area (Å²) in [5, 5.41) is 15.2. The zero-order valence-corrected chi connectivity index (χ0v) is 14.7. The van der Waals surface area contributed by atoms with Gasteiger partial charge in [-0.05, 0) is 46.8 Å². The first-order valence-electron chi connectivity index (χ1n) is 8.50. The molecule has 2 aromatic carbocycles. The Morgan fingerprint density at radius 1 is 1.19 bits per heavy atom. The van der Waals surface area contributed by atoms with Gasteiger partial charge in [-0.3, -0.25) is 4.79 Å². The summed E-state index contributed by atoms with van der Waals surface area (Å²) in [5.74, 6) is 0.659. The number of tetrazole rings is 1. The highest BCUT2D eigenvalue weighted by molar-refractivity contribution is 5.97. The highest BCUT2D eigenvalue weighted by atomic mass is 16.5. The summed E-state index contributed by atoms with van der Waals surface area (Å²) in [4.78, 5) is 12.6. The van der Waals surface area contributed by atoms with Crippen LogP contribution in [0.3, 0.4) is 0 Å². The average molecular weight is 362 g/mol. The second-order valence-electron chi connectivity index (χ2n) is 5.96. The molecule has 0 atom stereocenters.